The summed E-state index contributed by atoms with van der Waals surface area (Å²) in [5.41, 5.74) is -0.466. The van der Waals surface area contributed by atoms with Crippen LogP contribution in [-0.2, 0) is 9.53 Å². The molecule has 0 N–H and O–H groups in total. The Bertz CT molecular complexity index is 676. The van der Waals surface area contributed by atoms with Gasteiger partial charge in [-0.15, -0.1) is 0 Å². The Morgan fingerprint density at radius 3 is 2.24 bits per heavy atom. The van der Waals surface area contributed by atoms with Gasteiger partial charge in [0.05, 0.1) is 12.7 Å². The zero-order chi connectivity index (χ0) is 17.6. The highest BCUT2D eigenvalue weighted by atomic mass is 19.1. The van der Waals surface area contributed by atoms with E-state index in [1.165, 1.54) is 38.5 Å². The van der Waals surface area contributed by atoms with Crippen molar-refractivity contribution in [1.29, 1.82) is 0 Å². The molecule has 4 nitrogen and oxygen atoms in total. The van der Waals surface area contributed by atoms with Gasteiger partial charge in [0.1, 0.15) is 11.6 Å². The Balaban J connectivity index is 1.41. The number of ether oxygens (including phenoxy) is 2. The first-order valence-corrected chi connectivity index (χ1v) is 9.03. The van der Waals surface area contributed by atoms with Crippen molar-refractivity contribution in [3.63, 3.8) is 0 Å². The molecule has 5 rings (SSSR count). The molecule has 0 aromatic heterocycles. The van der Waals surface area contributed by atoms with E-state index in [2.05, 4.69) is 0 Å². The molecule has 4 fully saturated rings. The van der Waals surface area contributed by atoms with E-state index in [1.54, 1.807) is 0 Å². The summed E-state index contributed by atoms with van der Waals surface area (Å²) in [5.74, 6) is 0.831. The predicted octanol–water partition coefficient (Wildman–Crippen LogP) is 3.78. The lowest BCUT2D eigenvalue weighted by molar-refractivity contribution is -0.147. The highest BCUT2D eigenvalue weighted by Gasteiger charge is 2.54. The van der Waals surface area contributed by atoms with Crippen molar-refractivity contribution < 1.29 is 23.5 Å². The highest BCUT2D eigenvalue weighted by molar-refractivity contribution is 5.93. The first kappa shape index (κ1) is 16.6. The fraction of sp³-hybridized carbons (Fsp3) is 0.600. The SMILES string of the molecule is COc1ccc(C(=O)OCC(=O)C23CC4CC(CC(C4)C2)C3)c(F)c1. The van der Waals surface area contributed by atoms with Crippen molar-refractivity contribution in [2.24, 2.45) is 23.2 Å². The van der Waals surface area contributed by atoms with Gasteiger partial charge in [-0.2, -0.15) is 0 Å². The third-order valence-electron chi connectivity index (χ3n) is 6.36. The lowest BCUT2D eigenvalue weighted by Crippen LogP contribution is -2.51. The number of rotatable bonds is 5. The Morgan fingerprint density at radius 1 is 1.12 bits per heavy atom. The van der Waals surface area contributed by atoms with Crippen LogP contribution in [-0.4, -0.2) is 25.5 Å². The first-order chi connectivity index (χ1) is 12.0. The van der Waals surface area contributed by atoms with Crippen LogP contribution in [0.15, 0.2) is 18.2 Å². The molecule has 0 radical (unpaired) electrons. The summed E-state index contributed by atoms with van der Waals surface area (Å²) in [6.07, 6.45) is 6.57. The summed E-state index contributed by atoms with van der Waals surface area (Å²) in [6, 6.07) is 3.96. The van der Waals surface area contributed by atoms with Crippen LogP contribution in [0.4, 0.5) is 4.39 Å². The molecule has 0 heterocycles. The van der Waals surface area contributed by atoms with Gasteiger partial charge in [-0.25, -0.2) is 9.18 Å². The Kier molecular flexibility index (Phi) is 4.05. The summed E-state index contributed by atoms with van der Waals surface area (Å²) in [7, 11) is 1.43. The largest absolute Gasteiger partial charge is 0.497 e. The number of carbonyl (C=O) groups is 2. The topological polar surface area (TPSA) is 52.6 Å². The van der Waals surface area contributed by atoms with E-state index in [9.17, 15) is 14.0 Å². The van der Waals surface area contributed by atoms with Gasteiger partial charge in [-0.05, 0) is 68.4 Å². The molecule has 0 atom stereocenters. The van der Waals surface area contributed by atoms with E-state index >= 15 is 0 Å². The molecular weight excluding hydrogens is 323 g/mol. The van der Waals surface area contributed by atoms with Crippen LogP contribution in [0.25, 0.3) is 0 Å². The van der Waals surface area contributed by atoms with Crippen LogP contribution in [0.1, 0.15) is 48.9 Å². The molecule has 1 aromatic carbocycles. The summed E-state index contributed by atoms with van der Waals surface area (Å²) < 4.78 is 24.0. The smallest absolute Gasteiger partial charge is 0.341 e. The second-order valence-electron chi connectivity index (χ2n) is 8.04. The molecule has 0 aliphatic heterocycles. The maximum absolute atomic E-state index is 14.0. The monoisotopic (exact) mass is 346 g/mol. The number of methoxy groups -OCH3 is 1. The van der Waals surface area contributed by atoms with Gasteiger partial charge in [0.15, 0.2) is 12.4 Å². The normalized spacial score (nSPS) is 32.5. The third kappa shape index (κ3) is 2.94. The number of ketones is 1. The van der Waals surface area contributed by atoms with Crippen LogP contribution >= 0.6 is 0 Å². The molecule has 0 saturated heterocycles. The first-order valence-electron chi connectivity index (χ1n) is 9.03. The number of benzene rings is 1. The lowest BCUT2D eigenvalue weighted by atomic mass is 9.48. The molecular formula is C20H23FO4. The van der Waals surface area contributed by atoms with Crippen molar-refractivity contribution in [3.8, 4) is 5.75 Å². The van der Waals surface area contributed by atoms with Crippen LogP contribution < -0.4 is 4.74 Å². The number of hydrogen-bond donors (Lipinski definition) is 0. The number of Topliss-reactive ketones (excluding diaryl/α,β-unsaturated/α-hetero) is 1. The molecule has 4 aliphatic carbocycles. The van der Waals surface area contributed by atoms with Crippen molar-refractivity contribution >= 4 is 11.8 Å². The Hall–Kier alpha value is -1.91. The van der Waals surface area contributed by atoms with Crippen molar-refractivity contribution in [2.45, 2.75) is 38.5 Å². The van der Waals surface area contributed by atoms with Crippen molar-refractivity contribution in [2.75, 3.05) is 13.7 Å². The molecule has 4 saturated carbocycles. The summed E-state index contributed by atoms with van der Waals surface area (Å²) >= 11 is 0. The lowest BCUT2D eigenvalue weighted by Gasteiger charge is -2.55. The predicted molar refractivity (Wildman–Crippen MR) is 88.8 cm³/mol. The number of carbonyl (C=O) groups excluding carboxylic acids is 2. The quantitative estimate of drug-likeness (QED) is 0.762. The van der Waals surface area contributed by atoms with Crippen LogP contribution in [0.5, 0.6) is 5.75 Å². The Labute approximate surface area is 146 Å². The summed E-state index contributed by atoms with van der Waals surface area (Å²) in [4.78, 5) is 25.0. The molecule has 5 heteroatoms. The van der Waals surface area contributed by atoms with Gasteiger partial charge in [0.2, 0.25) is 0 Å². The Morgan fingerprint density at radius 2 is 1.72 bits per heavy atom. The van der Waals surface area contributed by atoms with Crippen LogP contribution in [0.3, 0.4) is 0 Å². The van der Waals surface area contributed by atoms with E-state index in [-0.39, 0.29) is 23.4 Å². The third-order valence-corrected chi connectivity index (χ3v) is 6.36. The van der Waals surface area contributed by atoms with E-state index in [0.29, 0.717) is 23.5 Å². The second-order valence-corrected chi connectivity index (χ2v) is 8.04. The van der Waals surface area contributed by atoms with E-state index in [1.807, 2.05) is 0 Å². The molecule has 0 unspecified atom stereocenters. The minimum atomic E-state index is -0.793. The van der Waals surface area contributed by atoms with Gasteiger partial charge in [-0.3, -0.25) is 4.79 Å². The fourth-order valence-electron chi connectivity index (χ4n) is 5.60. The molecule has 4 bridgehead atoms. The van der Waals surface area contributed by atoms with Crippen molar-refractivity contribution in [1.82, 2.24) is 0 Å². The molecule has 0 amide bonds. The minimum absolute atomic E-state index is 0.0221. The van der Waals surface area contributed by atoms with E-state index in [4.69, 9.17) is 9.47 Å². The maximum Gasteiger partial charge on any atom is 0.341 e. The fourth-order valence-corrected chi connectivity index (χ4v) is 5.60. The molecule has 25 heavy (non-hydrogen) atoms. The van der Waals surface area contributed by atoms with Gasteiger partial charge >= 0.3 is 5.97 Å². The molecule has 1 aromatic rings. The zero-order valence-corrected chi connectivity index (χ0v) is 14.4. The van der Waals surface area contributed by atoms with E-state index < -0.39 is 11.8 Å². The number of hydrogen-bond acceptors (Lipinski definition) is 4. The average Bonchev–Trinajstić information content (AvgIpc) is 2.58. The highest BCUT2D eigenvalue weighted by Crippen LogP contribution is 2.60. The van der Waals surface area contributed by atoms with Gasteiger partial charge in [0, 0.05) is 11.5 Å². The van der Waals surface area contributed by atoms with Gasteiger partial charge in [0.25, 0.3) is 0 Å². The average molecular weight is 346 g/mol. The number of esters is 1. The second kappa shape index (κ2) is 6.11. The standard InChI is InChI=1S/C20H23FO4/c1-24-15-2-3-16(17(21)7-15)19(23)25-11-18(22)20-8-12-4-13(9-20)6-14(5-12)10-20/h2-3,7,12-14H,4-6,8-11H2,1H3. The minimum Gasteiger partial charge on any atom is -0.497 e. The summed E-state index contributed by atoms with van der Waals surface area (Å²) in [6.45, 7) is -0.254. The van der Waals surface area contributed by atoms with E-state index in [0.717, 1.165) is 25.3 Å². The van der Waals surface area contributed by atoms with Crippen molar-refractivity contribution in [3.05, 3.63) is 29.6 Å². The zero-order valence-electron chi connectivity index (χ0n) is 14.4. The van der Waals surface area contributed by atoms with Crippen LogP contribution in [0.2, 0.25) is 0 Å². The molecule has 0 spiro atoms. The molecule has 4 aliphatic rings. The summed E-state index contributed by atoms with van der Waals surface area (Å²) in [5, 5.41) is 0. The van der Waals surface area contributed by atoms with Crippen LogP contribution in [0, 0.1) is 29.0 Å². The molecule has 134 valence electrons. The maximum atomic E-state index is 14.0. The number of halogens is 1. The van der Waals surface area contributed by atoms with Gasteiger partial charge < -0.3 is 9.47 Å². The van der Waals surface area contributed by atoms with Gasteiger partial charge in [-0.1, -0.05) is 0 Å².